The first kappa shape index (κ1) is 14.1. The van der Waals surface area contributed by atoms with E-state index < -0.39 is 5.82 Å². The molecule has 0 aliphatic heterocycles. The van der Waals surface area contributed by atoms with E-state index in [4.69, 9.17) is 5.73 Å². The van der Waals surface area contributed by atoms with E-state index in [2.05, 4.69) is 0 Å². The van der Waals surface area contributed by atoms with Crippen LogP contribution in [0.4, 0.5) is 10.1 Å². The number of nitrogens with two attached hydrogens (primary N) is 1. The molecule has 0 bridgehead atoms. The van der Waals surface area contributed by atoms with Crippen molar-refractivity contribution in [1.82, 2.24) is 4.90 Å². The van der Waals surface area contributed by atoms with Gasteiger partial charge < -0.3 is 10.6 Å². The van der Waals surface area contributed by atoms with Crippen LogP contribution >= 0.6 is 0 Å². The lowest BCUT2D eigenvalue weighted by Gasteiger charge is -2.26. The molecule has 1 amide bonds. The second-order valence-corrected chi connectivity index (χ2v) is 4.73. The van der Waals surface area contributed by atoms with Crippen molar-refractivity contribution in [3.63, 3.8) is 0 Å². The number of nitrogens with zero attached hydrogens (tertiary/aromatic N) is 1. The van der Waals surface area contributed by atoms with Crippen molar-refractivity contribution >= 4 is 11.6 Å². The number of halogens is 1. The van der Waals surface area contributed by atoms with Crippen LogP contribution in [0.3, 0.4) is 0 Å². The standard InChI is InChI=1S/C16H17FN2O/c1-11(12-6-4-3-5-7-12)19(2)16(20)14-9-8-13(17)10-15(14)18/h3-11H,18H2,1-2H3. The molecule has 1 atom stereocenters. The second kappa shape index (κ2) is 5.74. The SMILES string of the molecule is CC(c1ccccc1)N(C)C(=O)c1ccc(F)cc1N. The van der Waals surface area contributed by atoms with Gasteiger partial charge in [0.05, 0.1) is 11.6 Å². The number of nitrogen functional groups attached to an aromatic ring is 1. The number of rotatable bonds is 3. The average molecular weight is 272 g/mol. The normalized spacial score (nSPS) is 11.9. The first-order valence-corrected chi connectivity index (χ1v) is 6.38. The van der Waals surface area contributed by atoms with Gasteiger partial charge in [-0.05, 0) is 30.7 Å². The third kappa shape index (κ3) is 2.79. The van der Waals surface area contributed by atoms with Crippen LogP contribution in [0, 0.1) is 5.82 Å². The maximum atomic E-state index is 13.0. The third-order valence-corrected chi connectivity index (χ3v) is 3.43. The Morgan fingerprint density at radius 1 is 1.20 bits per heavy atom. The molecule has 0 aromatic heterocycles. The van der Waals surface area contributed by atoms with E-state index in [9.17, 15) is 9.18 Å². The number of benzene rings is 2. The predicted octanol–water partition coefficient (Wildman–Crippen LogP) is 3.24. The number of anilines is 1. The summed E-state index contributed by atoms with van der Waals surface area (Å²) >= 11 is 0. The lowest BCUT2D eigenvalue weighted by atomic mass is 10.1. The highest BCUT2D eigenvalue weighted by Crippen LogP contribution is 2.22. The van der Waals surface area contributed by atoms with Gasteiger partial charge in [-0.3, -0.25) is 4.79 Å². The fourth-order valence-corrected chi connectivity index (χ4v) is 2.05. The average Bonchev–Trinajstić information content (AvgIpc) is 2.46. The Bertz CT molecular complexity index is 613. The van der Waals surface area contributed by atoms with Crippen LogP contribution in [-0.4, -0.2) is 17.9 Å². The molecule has 0 radical (unpaired) electrons. The summed E-state index contributed by atoms with van der Waals surface area (Å²) in [4.78, 5) is 14.0. The second-order valence-electron chi connectivity index (χ2n) is 4.73. The summed E-state index contributed by atoms with van der Waals surface area (Å²) in [5, 5.41) is 0. The van der Waals surface area contributed by atoms with E-state index in [0.717, 1.165) is 11.6 Å². The molecule has 3 nitrogen and oxygen atoms in total. The molecule has 2 N–H and O–H groups in total. The Labute approximate surface area is 117 Å². The van der Waals surface area contributed by atoms with E-state index >= 15 is 0 Å². The van der Waals surface area contributed by atoms with Gasteiger partial charge in [-0.15, -0.1) is 0 Å². The molecule has 0 aliphatic carbocycles. The van der Waals surface area contributed by atoms with E-state index in [-0.39, 0.29) is 17.6 Å². The number of hydrogen-bond acceptors (Lipinski definition) is 2. The van der Waals surface area contributed by atoms with Crippen molar-refractivity contribution in [2.75, 3.05) is 12.8 Å². The van der Waals surface area contributed by atoms with Crippen LogP contribution in [-0.2, 0) is 0 Å². The van der Waals surface area contributed by atoms with Gasteiger partial charge in [0.2, 0.25) is 0 Å². The quantitative estimate of drug-likeness (QED) is 0.872. The highest BCUT2D eigenvalue weighted by Gasteiger charge is 2.20. The maximum Gasteiger partial charge on any atom is 0.256 e. The number of carbonyl (C=O) groups excluding carboxylic acids is 1. The zero-order chi connectivity index (χ0) is 14.7. The summed E-state index contributed by atoms with van der Waals surface area (Å²) < 4.78 is 13.0. The van der Waals surface area contributed by atoms with Gasteiger partial charge in [0.1, 0.15) is 5.82 Å². The molecular formula is C16H17FN2O. The minimum atomic E-state index is -0.446. The molecule has 104 valence electrons. The molecule has 2 aromatic carbocycles. The topological polar surface area (TPSA) is 46.3 Å². The van der Waals surface area contributed by atoms with Gasteiger partial charge in [0, 0.05) is 12.7 Å². The number of amides is 1. The minimum absolute atomic E-state index is 0.0897. The van der Waals surface area contributed by atoms with E-state index in [1.807, 2.05) is 37.3 Å². The summed E-state index contributed by atoms with van der Waals surface area (Å²) in [7, 11) is 1.71. The van der Waals surface area contributed by atoms with Gasteiger partial charge in [-0.2, -0.15) is 0 Å². The van der Waals surface area contributed by atoms with Crippen LogP contribution < -0.4 is 5.73 Å². The molecule has 0 heterocycles. The summed E-state index contributed by atoms with van der Waals surface area (Å²) in [6.07, 6.45) is 0. The zero-order valence-electron chi connectivity index (χ0n) is 11.5. The summed E-state index contributed by atoms with van der Waals surface area (Å²) in [5.74, 6) is -0.670. The molecule has 4 heteroatoms. The monoisotopic (exact) mass is 272 g/mol. The predicted molar refractivity (Wildman–Crippen MR) is 77.8 cm³/mol. The highest BCUT2D eigenvalue weighted by atomic mass is 19.1. The van der Waals surface area contributed by atoms with Crippen LogP contribution in [0.2, 0.25) is 0 Å². The molecule has 0 saturated carbocycles. The number of hydrogen-bond donors (Lipinski definition) is 1. The molecule has 0 aliphatic rings. The summed E-state index contributed by atoms with van der Waals surface area (Å²) in [6, 6.07) is 13.4. The lowest BCUT2D eigenvalue weighted by Crippen LogP contribution is -2.30. The Morgan fingerprint density at radius 3 is 2.45 bits per heavy atom. The van der Waals surface area contributed by atoms with Gasteiger partial charge in [-0.1, -0.05) is 30.3 Å². The third-order valence-electron chi connectivity index (χ3n) is 3.43. The van der Waals surface area contributed by atoms with Crippen LogP contribution in [0.1, 0.15) is 28.9 Å². The molecule has 0 spiro atoms. The lowest BCUT2D eigenvalue weighted by molar-refractivity contribution is 0.0743. The van der Waals surface area contributed by atoms with Crippen molar-refractivity contribution in [2.24, 2.45) is 0 Å². The van der Waals surface area contributed by atoms with Crippen molar-refractivity contribution in [1.29, 1.82) is 0 Å². The van der Waals surface area contributed by atoms with Gasteiger partial charge in [-0.25, -0.2) is 4.39 Å². The smallest absolute Gasteiger partial charge is 0.256 e. The van der Waals surface area contributed by atoms with Gasteiger partial charge >= 0.3 is 0 Å². The Balaban J connectivity index is 2.24. The molecule has 20 heavy (non-hydrogen) atoms. The molecule has 2 aromatic rings. The first-order valence-electron chi connectivity index (χ1n) is 6.38. The highest BCUT2D eigenvalue weighted by molar-refractivity contribution is 5.99. The zero-order valence-corrected chi connectivity index (χ0v) is 11.5. The fourth-order valence-electron chi connectivity index (χ4n) is 2.05. The molecule has 0 fully saturated rings. The Hall–Kier alpha value is -2.36. The molecule has 1 unspecified atom stereocenters. The van der Waals surface area contributed by atoms with Crippen molar-refractivity contribution in [3.05, 3.63) is 65.5 Å². The molecule has 0 saturated heterocycles. The first-order chi connectivity index (χ1) is 9.50. The Kier molecular flexibility index (Phi) is 4.03. The minimum Gasteiger partial charge on any atom is -0.398 e. The van der Waals surface area contributed by atoms with Gasteiger partial charge in [0.25, 0.3) is 5.91 Å². The van der Waals surface area contributed by atoms with Crippen LogP contribution in [0.25, 0.3) is 0 Å². The van der Waals surface area contributed by atoms with Crippen molar-refractivity contribution in [3.8, 4) is 0 Å². The summed E-state index contributed by atoms with van der Waals surface area (Å²) in [6.45, 7) is 1.94. The number of carbonyl (C=O) groups is 1. The molecule has 2 rings (SSSR count). The summed E-state index contributed by atoms with van der Waals surface area (Å²) in [5.41, 5.74) is 7.21. The van der Waals surface area contributed by atoms with Crippen molar-refractivity contribution < 1.29 is 9.18 Å². The van der Waals surface area contributed by atoms with Gasteiger partial charge in [0.15, 0.2) is 0 Å². The maximum absolute atomic E-state index is 13.0. The largest absolute Gasteiger partial charge is 0.398 e. The molecular weight excluding hydrogens is 255 g/mol. The van der Waals surface area contributed by atoms with Crippen LogP contribution in [0.15, 0.2) is 48.5 Å². The van der Waals surface area contributed by atoms with E-state index in [0.29, 0.717) is 5.56 Å². The Morgan fingerprint density at radius 2 is 1.85 bits per heavy atom. The van der Waals surface area contributed by atoms with Crippen molar-refractivity contribution in [2.45, 2.75) is 13.0 Å². The van der Waals surface area contributed by atoms with E-state index in [1.165, 1.54) is 12.1 Å². The van der Waals surface area contributed by atoms with Crippen LogP contribution in [0.5, 0.6) is 0 Å². The fraction of sp³-hybridized carbons (Fsp3) is 0.188. The van der Waals surface area contributed by atoms with E-state index in [1.54, 1.807) is 11.9 Å².